The van der Waals surface area contributed by atoms with Crippen LogP contribution in [-0.4, -0.2) is 20.6 Å². The van der Waals surface area contributed by atoms with Crippen molar-refractivity contribution in [2.75, 3.05) is 5.32 Å². The van der Waals surface area contributed by atoms with E-state index in [4.69, 9.17) is 0 Å². The predicted molar refractivity (Wildman–Crippen MR) is 98.7 cm³/mol. The van der Waals surface area contributed by atoms with Gasteiger partial charge >= 0.3 is 5.69 Å². The molecule has 0 aliphatic rings. The molecule has 1 N–H and O–H groups in total. The quantitative estimate of drug-likeness (QED) is 0.541. The summed E-state index contributed by atoms with van der Waals surface area (Å²) in [7, 11) is 0. The Hall–Kier alpha value is -3.48. The molecule has 1 heterocycles. The van der Waals surface area contributed by atoms with Gasteiger partial charge in [0.15, 0.2) is 0 Å². The van der Waals surface area contributed by atoms with Gasteiger partial charge in [-0.1, -0.05) is 42.5 Å². The number of hydrogen-bond acceptors (Lipinski definition) is 4. The van der Waals surface area contributed by atoms with Crippen LogP contribution in [0.4, 0.5) is 11.4 Å². The van der Waals surface area contributed by atoms with Crippen LogP contribution >= 0.6 is 0 Å². The molecule has 0 radical (unpaired) electrons. The minimum atomic E-state index is -0.479. The molecular weight excluding hydrogens is 332 g/mol. The second-order valence-corrected chi connectivity index (χ2v) is 5.86. The summed E-state index contributed by atoms with van der Waals surface area (Å²) >= 11 is 0. The standard InChI is InChI=1S/C19H18N4O3/c1-14-18(23(25)26)13-22(21-14)12-11-19(24)20-17-9-7-16(8-10-17)15-5-3-2-4-6-15/h2-10,13H,11-12H2,1H3,(H,20,24). The molecule has 26 heavy (non-hydrogen) atoms. The average Bonchev–Trinajstić information content (AvgIpc) is 3.02. The topological polar surface area (TPSA) is 90.1 Å². The first-order valence-electron chi connectivity index (χ1n) is 8.17. The summed E-state index contributed by atoms with van der Waals surface area (Å²) in [6.45, 7) is 1.85. The van der Waals surface area contributed by atoms with Gasteiger partial charge in [-0.05, 0) is 30.2 Å². The number of amides is 1. The van der Waals surface area contributed by atoms with E-state index in [1.165, 1.54) is 10.9 Å². The van der Waals surface area contributed by atoms with Crippen LogP contribution in [0.15, 0.2) is 60.8 Å². The van der Waals surface area contributed by atoms with Gasteiger partial charge in [-0.3, -0.25) is 19.6 Å². The summed E-state index contributed by atoms with van der Waals surface area (Å²) in [6.07, 6.45) is 1.52. The van der Waals surface area contributed by atoms with Crippen molar-refractivity contribution < 1.29 is 9.72 Å². The lowest BCUT2D eigenvalue weighted by molar-refractivity contribution is -0.385. The molecule has 132 valence electrons. The average molecular weight is 350 g/mol. The number of nitro groups is 1. The number of carbonyl (C=O) groups is 1. The van der Waals surface area contributed by atoms with Gasteiger partial charge in [0.2, 0.25) is 5.91 Å². The van der Waals surface area contributed by atoms with E-state index < -0.39 is 4.92 Å². The molecule has 0 aliphatic carbocycles. The zero-order valence-corrected chi connectivity index (χ0v) is 14.3. The Labute approximate surface area is 150 Å². The Morgan fingerprint density at radius 2 is 1.77 bits per heavy atom. The third-order valence-electron chi connectivity index (χ3n) is 3.96. The summed E-state index contributed by atoms with van der Waals surface area (Å²) in [5.41, 5.74) is 3.19. The first kappa shape index (κ1) is 17.3. The molecule has 0 spiro atoms. The lowest BCUT2D eigenvalue weighted by Gasteiger charge is -2.07. The normalized spacial score (nSPS) is 10.5. The van der Waals surface area contributed by atoms with Gasteiger partial charge in [0.1, 0.15) is 11.9 Å². The zero-order valence-electron chi connectivity index (χ0n) is 14.3. The van der Waals surface area contributed by atoms with Gasteiger partial charge in [-0.15, -0.1) is 0 Å². The molecule has 3 rings (SSSR count). The molecule has 3 aromatic rings. The van der Waals surface area contributed by atoms with Crippen molar-refractivity contribution >= 4 is 17.3 Å². The van der Waals surface area contributed by atoms with Crippen LogP contribution < -0.4 is 5.32 Å². The SMILES string of the molecule is Cc1nn(CCC(=O)Nc2ccc(-c3ccccc3)cc2)cc1[N+](=O)[O-]. The van der Waals surface area contributed by atoms with Crippen molar-refractivity contribution in [3.8, 4) is 11.1 Å². The summed E-state index contributed by atoms with van der Waals surface area (Å²) in [5.74, 6) is -0.173. The number of anilines is 1. The molecule has 0 saturated carbocycles. The first-order valence-corrected chi connectivity index (χ1v) is 8.17. The fourth-order valence-electron chi connectivity index (χ4n) is 2.62. The van der Waals surface area contributed by atoms with E-state index in [0.717, 1.165) is 11.1 Å². The van der Waals surface area contributed by atoms with Crippen molar-refractivity contribution in [3.63, 3.8) is 0 Å². The highest BCUT2D eigenvalue weighted by Gasteiger charge is 2.15. The molecule has 2 aromatic carbocycles. The number of rotatable bonds is 6. The number of aromatic nitrogens is 2. The second kappa shape index (κ2) is 7.60. The number of carbonyl (C=O) groups excluding carboxylic acids is 1. The minimum absolute atomic E-state index is 0.0399. The lowest BCUT2D eigenvalue weighted by Crippen LogP contribution is -2.14. The van der Waals surface area contributed by atoms with Gasteiger partial charge in [0.05, 0.1) is 4.92 Å². The summed E-state index contributed by atoms with van der Waals surface area (Å²) in [5, 5.41) is 17.7. The smallest absolute Gasteiger partial charge is 0.309 e. The molecule has 0 atom stereocenters. The molecular formula is C19H18N4O3. The molecule has 7 heteroatoms. The molecule has 1 amide bonds. The van der Waals surface area contributed by atoms with Gasteiger partial charge in [-0.2, -0.15) is 5.10 Å². The summed E-state index contributed by atoms with van der Waals surface area (Å²) < 4.78 is 1.42. The summed E-state index contributed by atoms with van der Waals surface area (Å²) in [6, 6.07) is 17.6. The van der Waals surface area contributed by atoms with Crippen LogP contribution in [0.3, 0.4) is 0 Å². The number of benzene rings is 2. The van der Waals surface area contributed by atoms with Crippen LogP contribution in [0, 0.1) is 17.0 Å². The summed E-state index contributed by atoms with van der Waals surface area (Å²) in [4.78, 5) is 22.4. The van der Waals surface area contributed by atoms with Crippen LogP contribution in [-0.2, 0) is 11.3 Å². The first-order chi connectivity index (χ1) is 12.5. The number of aryl methyl sites for hydroxylation is 2. The molecule has 0 fully saturated rings. The van der Waals surface area contributed by atoms with E-state index in [-0.39, 0.29) is 24.6 Å². The van der Waals surface area contributed by atoms with E-state index in [0.29, 0.717) is 11.4 Å². The zero-order chi connectivity index (χ0) is 18.5. The highest BCUT2D eigenvalue weighted by Crippen LogP contribution is 2.21. The molecule has 0 bridgehead atoms. The highest BCUT2D eigenvalue weighted by atomic mass is 16.6. The molecule has 0 unspecified atom stereocenters. The predicted octanol–water partition coefficient (Wildman–Crippen LogP) is 3.80. The van der Waals surface area contributed by atoms with E-state index in [9.17, 15) is 14.9 Å². The van der Waals surface area contributed by atoms with Crippen molar-refractivity contribution in [3.05, 3.63) is 76.6 Å². The largest absolute Gasteiger partial charge is 0.326 e. The third-order valence-corrected chi connectivity index (χ3v) is 3.96. The fourth-order valence-corrected chi connectivity index (χ4v) is 2.62. The van der Waals surface area contributed by atoms with Gasteiger partial charge in [0, 0.05) is 18.7 Å². The molecule has 0 aliphatic heterocycles. The van der Waals surface area contributed by atoms with E-state index in [1.54, 1.807) is 6.92 Å². The van der Waals surface area contributed by atoms with Crippen LogP contribution in [0.1, 0.15) is 12.1 Å². The lowest BCUT2D eigenvalue weighted by atomic mass is 10.1. The number of nitrogens with zero attached hydrogens (tertiary/aromatic N) is 3. The third kappa shape index (κ3) is 4.13. The maximum Gasteiger partial charge on any atom is 0.309 e. The maximum atomic E-state index is 12.1. The number of hydrogen-bond donors (Lipinski definition) is 1. The second-order valence-electron chi connectivity index (χ2n) is 5.86. The number of nitrogens with one attached hydrogen (secondary N) is 1. The Morgan fingerprint density at radius 1 is 1.12 bits per heavy atom. The van der Waals surface area contributed by atoms with Crippen LogP contribution in [0.5, 0.6) is 0 Å². The Bertz CT molecular complexity index is 918. The van der Waals surface area contributed by atoms with Gasteiger partial charge in [-0.25, -0.2) is 0 Å². The van der Waals surface area contributed by atoms with Crippen LogP contribution in [0.25, 0.3) is 11.1 Å². The highest BCUT2D eigenvalue weighted by molar-refractivity contribution is 5.90. The van der Waals surface area contributed by atoms with E-state index in [2.05, 4.69) is 10.4 Å². The molecule has 1 aromatic heterocycles. The van der Waals surface area contributed by atoms with Crippen molar-refractivity contribution in [1.29, 1.82) is 0 Å². The van der Waals surface area contributed by atoms with Crippen molar-refractivity contribution in [2.24, 2.45) is 0 Å². The fraction of sp³-hybridized carbons (Fsp3) is 0.158. The van der Waals surface area contributed by atoms with E-state index >= 15 is 0 Å². The maximum absolute atomic E-state index is 12.1. The van der Waals surface area contributed by atoms with Crippen LogP contribution in [0.2, 0.25) is 0 Å². The monoisotopic (exact) mass is 350 g/mol. The van der Waals surface area contributed by atoms with E-state index in [1.807, 2.05) is 54.6 Å². The Balaban J connectivity index is 1.56. The minimum Gasteiger partial charge on any atom is -0.326 e. The van der Waals surface area contributed by atoms with Gasteiger partial charge < -0.3 is 5.32 Å². The molecule has 0 saturated heterocycles. The Kier molecular flexibility index (Phi) is 5.07. The van der Waals surface area contributed by atoms with Crippen molar-refractivity contribution in [2.45, 2.75) is 19.9 Å². The Morgan fingerprint density at radius 3 is 2.38 bits per heavy atom. The van der Waals surface area contributed by atoms with Crippen molar-refractivity contribution in [1.82, 2.24) is 9.78 Å². The molecule has 7 nitrogen and oxygen atoms in total. The van der Waals surface area contributed by atoms with Gasteiger partial charge in [0.25, 0.3) is 0 Å².